The Morgan fingerprint density at radius 2 is 1.62 bits per heavy atom. The molecule has 0 spiro atoms. The van der Waals surface area contributed by atoms with Crippen LogP contribution in [0.15, 0.2) is 23.3 Å². The highest BCUT2D eigenvalue weighted by Crippen LogP contribution is 2.22. The summed E-state index contributed by atoms with van der Waals surface area (Å²) in [4.78, 5) is 32.2. The molecule has 1 atom stereocenters. The maximum atomic E-state index is 10.8. The third kappa shape index (κ3) is 2.69. The van der Waals surface area contributed by atoms with Crippen molar-refractivity contribution < 1.29 is 29.7 Å². The monoisotopic (exact) mass is 226 g/mol. The fraction of sp³-hybridized carbons (Fsp3) is 0.300. The van der Waals surface area contributed by atoms with Crippen LogP contribution in [0.4, 0.5) is 0 Å². The normalized spacial score (nSPS) is 20.4. The fourth-order valence-electron chi connectivity index (χ4n) is 1.40. The Kier molecular flexibility index (Phi) is 3.44. The number of carboxylic acids is 3. The largest absolute Gasteiger partial charge is 0.481 e. The zero-order chi connectivity index (χ0) is 12.3. The Balaban J connectivity index is 3.07. The van der Waals surface area contributed by atoms with E-state index in [-0.39, 0.29) is 24.0 Å². The Morgan fingerprint density at radius 3 is 2.06 bits per heavy atom. The molecule has 0 radical (unpaired) electrons. The van der Waals surface area contributed by atoms with Gasteiger partial charge in [-0.3, -0.25) is 4.79 Å². The van der Waals surface area contributed by atoms with Crippen molar-refractivity contribution in [2.45, 2.75) is 12.8 Å². The topological polar surface area (TPSA) is 112 Å². The molecule has 0 aromatic heterocycles. The minimum absolute atomic E-state index is 0.00620. The maximum Gasteiger partial charge on any atom is 0.331 e. The van der Waals surface area contributed by atoms with Gasteiger partial charge in [0.25, 0.3) is 0 Å². The van der Waals surface area contributed by atoms with Crippen molar-refractivity contribution in [2.75, 3.05) is 0 Å². The first kappa shape index (κ1) is 12.0. The van der Waals surface area contributed by atoms with Gasteiger partial charge < -0.3 is 15.3 Å². The van der Waals surface area contributed by atoms with Crippen molar-refractivity contribution in [1.29, 1.82) is 0 Å². The molecule has 6 nitrogen and oxygen atoms in total. The Hall–Kier alpha value is -2.11. The van der Waals surface area contributed by atoms with Crippen LogP contribution in [0.2, 0.25) is 0 Å². The summed E-state index contributed by atoms with van der Waals surface area (Å²) in [5, 5.41) is 26.3. The van der Waals surface area contributed by atoms with Gasteiger partial charge in [0.15, 0.2) is 0 Å². The van der Waals surface area contributed by atoms with Crippen molar-refractivity contribution in [3.05, 3.63) is 23.3 Å². The smallest absolute Gasteiger partial charge is 0.331 e. The van der Waals surface area contributed by atoms with Crippen LogP contribution in [0.5, 0.6) is 0 Å². The molecule has 0 aliphatic heterocycles. The predicted octanol–water partition coefficient (Wildman–Crippen LogP) is 0.503. The average Bonchev–Trinajstić information content (AvgIpc) is 2.39. The van der Waals surface area contributed by atoms with E-state index in [1.807, 2.05) is 0 Å². The van der Waals surface area contributed by atoms with Gasteiger partial charge in [-0.05, 0) is 6.42 Å². The summed E-state index contributed by atoms with van der Waals surface area (Å²) in [5.41, 5.74) is -0.282. The second-order valence-electron chi connectivity index (χ2n) is 3.39. The Labute approximate surface area is 90.5 Å². The minimum Gasteiger partial charge on any atom is -0.481 e. The van der Waals surface area contributed by atoms with E-state index in [4.69, 9.17) is 15.3 Å². The van der Waals surface area contributed by atoms with E-state index in [0.29, 0.717) is 0 Å². The minimum atomic E-state index is -1.29. The van der Waals surface area contributed by atoms with Gasteiger partial charge in [-0.25, -0.2) is 9.59 Å². The lowest BCUT2D eigenvalue weighted by molar-refractivity contribution is -0.140. The van der Waals surface area contributed by atoms with Crippen LogP contribution in [0.3, 0.4) is 0 Å². The van der Waals surface area contributed by atoms with Gasteiger partial charge in [0.1, 0.15) is 0 Å². The van der Waals surface area contributed by atoms with Gasteiger partial charge in [0.05, 0.1) is 5.92 Å². The van der Waals surface area contributed by atoms with E-state index in [0.717, 1.165) is 6.08 Å². The first-order chi connectivity index (χ1) is 7.41. The van der Waals surface area contributed by atoms with Crippen LogP contribution in [-0.4, -0.2) is 33.2 Å². The van der Waals surface area contributed by atoms with E-state index < -0.39 is 23.8 Å². The number of hydrogen-bond donors (Lipinski definition) is 3. The molecule has 1 aliphatic carbocycles. The van der Waals surface area contributed by atoms with Gasteiger partial charge >= 0.3 is 17.9 Å². The molecule has 16 heavy (non-hydrogen) atoms. The highest BCUT2D eigenvalue weighted by atomic mass is 16.4. The molecule has 0 aromatic rings. The van der Waals surface area contributed by atoms with E-state index >= 15 is 0 Å². The third-order valence-electron chi connectivity index (χ3n) is 2.27. The van der Waals surface area contributed by atoms with Gasteiger partial charge in [0, 0.05) is 17.6 Å². The Morgan fingerprint density at radius 1 is 1.06 bits per heavy atom. The molecule has 6 heteroatoms. The second-order valence-corrected chi connectivity index (χ2v) is 3.39. The number of carboxylic acid groups (broad SMARTS) is 3. The molecule has 3 N–H and O–H groups in total. The fourth-order valence-corrected chi connectivity index (χ4v) is 1.40. The molecule has 86 valence electrons. The van der Waals surface area contributed by atoms with E-state index in [1.54, 1.807) is 0 Å². The van der Waals surface area contributed by atoms with Crippen molar-refractivity contribution in [3.63, 3.8) is 0 Å². The zero-order valence-electron chi connectivity index (χ0n) is 8.21. The second kappa shape index (κ2) is 4.61. The molecule has 1 rings (SSSR count). The van der Waals surface area contributed by atoms with Crippen molar-refractivity contribution in [3.8, 4) is 0 Å². The lowest BCUT2D eigenvalue weighted by atomic mass is 10.0. The first-order valence-electron chi connectivity index (χ1n) is 4.51. The third-order valence-corrected chi connectivity index (χ3v) is 2.27. The van der Waals surface area contributed by atoms with Crippen LogP contribution in [0, 0.1) is 5.92 Å². The molecule has 0 saturated carbocycles. The number of hydrogen-bond acceptors (Lipinski definition) is 3. The molecule has 0 heterocycles. The van der Waals surface area contributed by atoms with E-state index in [9.17, 15) is 14.4 Å². The van der Waals surface area contributed by atoms with Crippen LogP contribution < -0.4 is 0 Å². The SMILES string of the molecule is O=C(O)C1=CCC(C(=O)O)C=C(C(=O)O)C1. The maximum absolute atomic E-state index is 10.8. The van der Waals surface area contributed by atoms with Crippen LogP contribution >= 0.6 is 0 Å². The van der Waals surface area contributed by atoms with Gasteiger partial charge in [-0.2, -0.15) is 0 Å². The summed E-state index contributed by atoms with van der Waals surface area (Å²) in [5.74, 6) is -4.66. The van der Waals surface area contributed by atoms with Crippen LogP contribution in [0.1, 0.15) is 12.8 Å². The van der Waals surface area contributed by atoms with Crippen LogP contribution in [-0.2, 0) is 14.4 Å². The van der Waals surface area contributed by atoms with E-state index in [1.165, 1.54) is 6.08 Å². The highest BCUT2D eigenvalue weighted by Gasteiger charge is 2.23. The number of carbonyl (C=O) groups is 3. The summed E-state index contributed by atoms with van der Waals surface area (Å²) in [7, 11) is 0. The summed E-state index contributed by atoms with van der Waals surface area (Å²) in [6, 6.07) is 0. The van der Waals surface area contributed by atoms with E-state index in [2.05, 4.69) is 0 Å². The summed E-state index contributed by atoms with van der Waals surface area (Å²) in [6.07, 6.45) is 2.09. The first-order valence-corrected chi connectivity index (χ1v) is 4.51. The van der Waals surface area contributed by atoms with Crippen LogP contribution in [0.25, 0.3) is 0 Å². The van der Waals surface area contributed by atoms with Crippen molar-refractivity contribution >= 4 is 17.9 Å². The lowest BCUT2D eigenvalue weighted by Crippen LogP contribution is -2.11. The molecule has 0 saturated heterocycles. The zero-order valence-corrected chi connectivity index (χ0v) is 8.21. The van der Waals surface area contributed by atoms with Gasteiger partial charge in [0.2, 0.25) is 0 Å². The Bertz CT molecular complexity index is 404. The molecule has 0 aromatic carbocycles. The van der Waals surface area contributed by atoms with Crippen molar-refractivity contribution in [1.82, 2.24) is 0 Å². The average molecular weight is 226 g/mol. The molecule has 0 fully saturated rings. The lowest BCUT2D eigenvalue weighted by Gasteiger charge is -2.03. The molecule has 0 amide bonds. The quantitative estimate of drug-likeness (QED) is 0.646. The molecular weight excluding hydrogens is 216 g/mol. The number of aliphatic carboxylic acids is 3. The van der Waals surface area contributed by atoms with Crippen molar-refractivity contribution in [2.24, 2.45) is 5.92 Å². The number of rotatable bonds is 3. The number of allylic oxidation sites excluding steroid dienone is 1. The highest BCUT2D eigenvalue weighted by molar-refractivity contribution is 5.94. The molecule has 1 unspecified atom stereocenters. The standard InChI is InChI=1S/C10H10O6/c11-8(12)5-1-2-6(9(13)14)4-7(3-5)10(15)16/h1,4,6H,2-3H2,(H,11,12)(H,13,14)(H,15,16). The summed E-state index contributed by atoms with van der Waals surface area (Å²) < 4.78 is 0. The molecule has 0 bridgehead atoms. The summed E-state index contributed by atoms with van der Waals surface area (Å²) >= 11 is 0. The van der Waals surface area contributed by atoms with Gasteiger partial charge in [-0.1, -0.05) is 12.2 Å². The molecular formula is C10H10O6. The summed E-state index contributed by atoms with van der Waals surface area (Å²) in [6.45, 7) is 0. The predicted molar refractivity (Wildman–Crippen MR) is 51.8 cm³/mol. The molecule has 1 aliphatic rings. The van der Waals surface area contributed by atoms with Gasteiger partial charge in [-0.15, -0.1) is 0 Å².